The smallest absolute Gasteiger partial charge is 0.339 e. The number of para-hydroxylation sites is 1. The number of pyridine rings is 1. The number of carbonyl (C=O) groups excluding carboxylic acids is 1. The molecular weight excluding hydrogens is 378 g/mol. The molecule has 0 spiro atoms. The van der Waals surface area contributed by atoms with Crippen LogP contribution in [-0.4, -0.2) is 21.2 Å². The summed E-state index contributed by atoms with van der Waals surface area (Å²) in [6.07, 6.45) is 0. The zero-order valence-electron chi connectivity index (χ0n) is 16.2. The molecule has 0 amide bonds. The molecule has 5 aromatic rings. The summed E-state index contributed by atoms with van der Waals surface area (Å²) in [5, 5.41) is 10.5. The van der Waals surface area contributed by atoms with Crippen LogP contribution >= 0.6 is 0 Å². The van der Waals surface area contributed by atoms with E-state index in [1.165, 1.54) is 0 Å². The Morgan fingerprint density at radius 1 is 0.933 bits per heavy atom. The summed E-state index contributed by atoms with van der Waals surface area (Å²) in [6.45, 7) is 1.60. The third kappa shape index (κ3) is 3.28. The van der Waals surface area contributed by atoms with Crippen LogP contribution in [0.2, 0.25) is 0 Å². The van der Waals surface area contributed by atoms with Crippen molar-refractivity contribution in [3.05, 3.63) is 90.1 Å². The molecule has 0 fully saturated rings. The standard InChI is InChI=1S/C24H17N3O3/c1-15-26-27-23(30-15)14-29-24(28)20-13-22(25-21-12-5-4-10-19(20)21)18-11-6-8-16-7-2-3-9-17(16)18/h2-13H,14H2,1H3. The van der Waals surface area contributed by atoms with Crippen molar-refractivity contribution >= 4 is 27.6 Å². The van der Waals surface area contributed by atoms with Gasteiger partial charge in [0.25, 0.3) is 5.89 Å². The van der Waals surface area contributed by atoms with E-state index in [-0.39, 0.29) is 12.5 Å². The van der Waals surface area contributed by atoms with Gasteiger partial charge in [-0.1, -0.05) is 60.7 Å². The van der Waals surface area contributed by atoms with Gasteiger partial charge in [0, 0.05) is 17.9 Å². The number of esters is 1. The van der Waals surface area contributed by atoms with Crippen molar-refractivity contribution in [2.24, 2.45) is 0 Å². The topological polar surface area (TPSA) is 78.1 Å². The molecule has 2 heterocycles. The first-order valence-electron chi connectivity index (χ1n) is 9.53. The van der Waals surface area contributed by atoms with E-state index in [1.807, 2.05) is 48.5 Å². The molecule has 5 rings (SSSR count). The number of ether oxygens (including phenoxy) is 1. The first kappa shape index (κ1) is 18.0. The van der Waals surface area contributed by atoms with Gasteiger partial charge in [0.2, 0.25) is 5.89 Å². The van der Waals surface area contributed by atoms with E-state index in [0.717, 1.165) is 27.2 Å². The van der Waals surface area contributed by atoms with Gasteiger partial charge in [0.05, 0.1) is 16.8 Å². The van der Waals surface area contributed by atoms with Crippen molar-refractivity contribution in [3.63, 3.8) is 0 Å². The summed E-state index contributed by atoms with van der Waals surface area (Å²) in [5.41, 5.74) is 2.84. The molecule has 0 aliphatic heterocycles. The number of rotatable bonds is 4. The number of nitrogens with zero attached hydrogens (tertiary/aromatic N) is 3. The number of benzene rings is 3. The van der Waals surface area contributed by atoms with Crippen molar-refractivity contribution in [2.45, 2.75) is 13.5 Å². The van der Waals surface area contributed by atoms with Crippen LogP contribution in [-0.2, 0) is 11.3 Å². The molecule has 146 valence electrons. The number of hydrogen-bond acceptors (Lipinski definition) is 6. The zero-order valence-corrected chi connectivity index (χ0v) is 16.2. The van der Waals surface area contributed by atoms with Crippen LogP contribution in [0.15, 0.2) is 77.2 Å². The highest BCUT2D eigenvalue weighted by Gasteiger charge is 2.17. The molecule has 2 aromatic heterocycles. The van der Waals surface area contributed by atoms with Gasteiger partial charge >= 0.3 is 5.97 Å². The SMILES string of the molecule is Cc1nnc(COC(=O)c2cc(-c3cccc4ccccc34)nc3ccccc23)o1. The third-order valence-corrected chi connectivity index (χ3v) is 4.90. The molecule has 30 heavy (non-hydrogen) atoms. The molecule has 0 aliphatic rings. The van der Waals surface area contributed by atoms with Crippen LogP contribution in [0.4, 0.5) is 0 Å². The van der Waals surface area contributed by atoms with E-state index >= 15 is 0 Å². The van der Waals surface area contributed by atoms with E-state index in [1.54, 1.807) is 13.0 Å². The summed E-state index contributed by atoms with van der Waals surface area (Å²) in [6, 6.07) is 23.5. The lowest BCUT2D eigenvalue weighted by Crippen LogP contribution is -2.07. The largest absolute Gasteiger partial charge is 0.452 e. The van der Waals surface area contributed by atoms with Gasteiger partial charge in [-0.15, -0.1) is 10.2 Å². The van der Waals surface area contributed by atoms with Crippen LogP contribution in [0.5, 0.6) is 0 Å². The minimum atomic E-state index is -0.467. The first-order valence-corrected chi connectivity index (χ1v) is 9.53. The molecule has 0 saturated heterocycles. The lowest BCUT2D eigenvalue weighted by molar-refractivity contribution is 0.0439. The highest BCUT2D eigenvalue weighted by Crippen LogP contribution is 2.30. The van der Waals surface area contributed by atoms with Crippen LogP contribution in [0.1, 0.15) is 22.1 Å². The summed E-state index contributed by atoms with van der Waals surface area (Å²) in [4.78, 5) is 17.8. The van der Waals surface area contributed by atoms with E-state index in [9.17, 15) is 4.79 Å². The van der Waals surface area contributed by atoms with Gasteiger partial charge in [-0.2, -0.15) is 0 Å². The summed E-state index contributed by atoms with van der Waals surface area (Å²) < 4.78 is 10.7. The van der Waals surface area contributed by atoms with E-state index in [4.69, 9.17) is 14.1 Å². The Bertz CT molecular complexity index is 1390. The Labute approximate surface area is 172 Å². The second-order valence-electron chi connectivity index (χ2n) is 6.89. The van der Waals surface area contributed by atoms with Crippen molar-refractivity contribution in [3.8, 4) is 11.3 Å². The minimum Gasteiger partial charge on any atom is -0.452 e. The minimum absolute atomic E-state index is 0.0834. The van der Waals surface area contributed by atoms with Crippen molar-refractivity contribution in [1.82, 2.24) is 15.2 Å². The number of aromatic nitrogens is 3. The average Bonchev–Trinajstić information content (AvgIpc) is 3.21. The number of hydrogen-bond donors (Lipinski definition) is 0. The first-order chi connectivity index (χ1) is 14.7. The lowest BCUT2D eigenvalue weighted by Gasteiger charge is -2.11. The Morgan fingerprint density at radius 3 is 2.53 bits per heavy atom. The molecule has 3 aromatic carbocycles. The average molecular weight is 395 g/mol. The Balaban J connectivity index is 1.60. The zero-order chi connectivity index (χ0) is 20.5. The fourth-order valence-electron chi connectivity index (χ4n) is 3.53. The van der Waals surface area contributed by atoms with Crippen LogP contribution in [0, 0.1) is 6.92 Å². The predicted molar refractivity (Wildman–Crippen MR) is 113 cm³/mol. The van der Waals surface area contributed by atoms with Crippen molar-refractivity contribution < 1.29 is 13.9 Å². The van der Waals surface area contributed by atoms with Gasteiger partial charge in [0.1, 0.15) is 0 Å². The fraction of sp³-hybridized carbons (Fsp3) is 0.0833. The van der Waals surface area contributed by atoms with Crippen molar-refractivity contribution in [2.75, 3.05) is 0 Å². The Morgan fingerprint density at radius 2 is 1.70 bits per heavy atom. The van der Waals surface area contributed by atoms with Gasteiger partial charge in [-0.3, -0.25) is 0 Å². The second-order valence-corrected chi connectivity index (χ2v) is 6.89. The van der Waals surface area contributed by atoms with Crippen LogP contribution in [0.25, 0.3) is 32.9 Å². The maximum absolute atomic E-state index is 12.9. The molecule has 0 radical (unpaired) electrons. The summed E-state index contributed by atoms with van der Waals surface area (Å²) in [7, 11) is 0. The molecule has 0 bridgehead atoms. The van der Waals surface area contributed by atoms with Gasteiger partial charge in [0.15, 0.2) is 6.61 Å². The Hall–Kier alpha value is -4.06. The summed E-state index contributed by atoms with van der Waals surface area (Å²) >= 11 is 0. The molecule has 6 heteroatoms. The maximum Gasteiger partial charge on any atom is 0.339 e. The maximum atomic E-state index is 12.9. The molecule has 0 atom stereocenters. The molecule has 6 nitrogen and oxygen atoms in total. The monoisotopic (exact) mass is 395 g/mol. The lowest BCUT2D eigenvalue weighted by atomic mass is 9.99. The quantitative estimate of drug-likeness (QED) is 0.394. The second kappa shape index (κ2) is 7.40. The van der Waals surface area contributed by atoms with E-state index in [2.05, 4.69) is 28.4 Å². The molecule has 0 unspecified atom stereocenters. The van der Waals surface area contributed by atoms with E-state index in [0.29, 0.717) is 17.1 Å². The molecule has 0 N–H and O–H groups in total. The van der Waals surface area contributed by atoms with Crippen molar-refractivity contribution in [1.29, 1.82) is 0 Å². The Kier molecular flexibility index (Phi) is 4.44. The molecule has 0 saturated carbocycles. The van der Waals surface area contributed by atoms with Crippen LogP contribution in [0.3, 0.4) is 0 Å². The van der Waals surface area contributed by atoms with Crippen LogP contribution < -0.4 is 0 Å². The van der Waals surface area contributed by atoms with E-state index < -0.39 is 5.97 Å². The van der Waals surface area contributed by atoms with Gasteiger partial charge in [-0.05, 0) is 22.9 Å². The summed E-state index contributed by atoms with van der Waals surface area (Å²) in [5.74, 6) is 0.216. The molecular formula is C24H17N3O3. The highest BCUT2D eigenvalue weighted by atomic mass is 16.5. The predicted octanol–water partition coefficient (Wildman–Crippen LogP) is 5.10. The highest BCUT2D eigenvalue weighted by molar-refractivity contribution is 6.06. The third-order valence-electron chi connectivity index (χ3n) is 4.90. The van der Waals surface area contributed by atoms with Gasteiger partial charge in [-0.25, -0.2) is 9.78 Å². The normalized spacial score (nSPS) is 11.1. The number of aryl methyl sites for hydroxylation is 1. The number of fused-ring (bicyclic) bond motifs is 2. The molecule has 0 aliphatic carbocycles. The van der Waals surface area contributed by atoms with Gasteiger partial charge < -0.3 is 9.15 Å². The number of carbonyl (C=O) groups is 1. The fourth-order valence-corrected chi connectivity index (χ4v) is 3.53.